The van der Waals surface area contributed by atoms with E-state index < -0.39 is 6.67 Å². The summed E-state index contributed by atoms with van der Waals surface area (Å²) in [7, 11) is 0. The van der Waals surface area contributed by atoms with Gasteiger partial charge < -0.3 is 0 Å². The highest BCUT2D eigenvalue weighted by molar-refractivity contribution is 7.80. The number of halogens is 1. The first-order valence-electron chi connectivity index (χ1n) is 5.58. The third-order valence-corrected chi connectivity index (χ3v) is 3.52. The lowest BCUT2D eigenvalue weighted by atomic mass is 9.97. The molecule has 0 saturated carbocycles. The van der Waals surface area contributed by atoms with Gasteiger partial charge in [0.05, 0.1) is 0 Å². The lowest BCUT2D eigenvalue weighted by molar-refractivity contribution is 0.481. The van der Waals surface area contributed by atoms with Crippen LogP contribution in [0.4, 0.5) is 4.39 Å². The van der Waals surface area contributed by atoms with E-state index in [1.54, 1.807) is 0 Å². The van der Waals surface area contributed by atoms with Gasteiger partial charge in [-0.1, -0.05) is 30.3 Å². The Hall–Kier alpha value is -1.28. The topological polar surface area (TPSA) is 0 Å². The van der Waals surface area contributed by atoms with Crippen molar-refractivity contribution in [3.8, 4) is 11.1 Å². The van der Waals surface area contributed by atoms with Gasteiger partial charge in [-0.25, -0.2) is 4.39 Å². The summed E-state index contributed by atoms with van der Waals surface area (Å²) in [4.78, 5) is 0.711. The fourth-order valence-corrected chi connectivity index (χ4v) is 2.16. The molecular weight excluding hydrogens is 231 g/mol. The quantitative estimate of drug-likeness (QED) is 0.728. The summed E-state index contributed by atoms with van der Waals surface area (Å²) in [5.74, 6) is 0. The molecule has 0 atom stereocenters. The van der Waals surface area contributed by atoms with Crippen molar-refractivity contribution in [2.45, 2.75) is 25.4 Å². The Morgan fingerprint density at radius 1 is 1.06 bits per heavy atom. The van der Waals surface area contributed by atoms with Crippen LogP contribution in [0.1, 0.15) is 16.7 Å². The van der Waals surface area contributed by atoms with Gasteiger partial charge in [-0.05, 0) is 42.2 Å². The van der Waals surface area contributed by atoms with Crippen molar-refractivity contribution in [1.82, 2.24) is 0 Å². The lowest BCUT2D eigenvalue weighted by Crippen LogP contribution is -1.90. The molecule has 0 bridgehead atoms. The first-order chi connectivity index (χ1) is 8.13. The molecule has 0 heterocycles. The summed E-state index contributed by atoms with van der Waals surface area (Å²) >= 11 is 4.30. The molecule has 88 valence electrons. The molecule has 0 radical (unpaired) electrons. The zero-order valence-electron chi connectivity index (χ0n) is 10.00. The van der Waals surface area contributed by atoms with Gasteiger partial charge in [0.25, 0.3) is 0 Å². The van der Waals surface area contributed by atoms with Crippen molar-refractivity contribution in [1.29, 1.82) is 0 Å². The Labute approximate surface area is 107 Å². The predicted molar refractivity (Wildman–Crippen MR) is 73.4 cm³/mol. The van der Waals surface area contributed by atoms with E-state index in [-0.39, 0.29) is 0 Å². The maximum Gasteiger partial charge on any atom is 0.116 e. The second-order valence-electron chi connectivity index (χ2n) is 4.24. The van der Waals surface area contributed by atoms with Gasteiger partial charge in [0.15, 0.2) is 0 Å². The Morgan fingerprint density at radius 2 is 1.82 bits per heavy atom. The van der Waals surface area contributed by atoms with E-state index in [2.05, 4.69) is 38.6 Å². The van der Waals surface area contributed by atoms with Crippen LogP contribution in [0.2, 0.25) is 0 Å². The standard InChI is InChI=1S/C15H15FS/c1-10-6-7-12(8-11(10)2)13-4-3-5-15(17)14(13)9-16/h3-8,17H,9H2,1-2H3. The molecule has 0 N–H and O–H groups in total. The first-order valence-corrected chi connectivity index (χ1v) is 6.02. The van der Waals surface area contributed by atoms with E-state index in [9.17, 15) is 4.39 Å². The normalized spacial score (nSPS) is 10.6. The van der Waals surface area contributed by atoms with Gasteiger partial charge in [-0.3, -0.25) is 0 Å². The summed E-state index contributed by atoms with van der Waals surface area (Å²) < 4.78 is 13.1. The molecule has 0 saturated heterocycles. The van der Waals surface area contributed by atoms with E-state index in [4.69, 9.17) is 0 Å². The summed E-state index contributed by atoms with van der Waals surface area (Å²) in [6.07, 6.45) is 0. The maximum absolute atomic E-state index is 13.1. The molecular formula is C15H15FS. The highest BCUT2D eigenvalue weighted by Crippen LogP contribution is 2.30. The number of thiol groups is 1. The molecule has 0 aliphatic rings. The van der Waals surface area contributed by atoms with Crippen LogP contribution in [0.15, 0.2) is 41.3 Å². The van der Waals surface area contributed by atoms with E-state index in [1.807, 2.05) is 24.3 Å². The molecule has 17 heavy (non-hydrogen) atoms. The number of rotatable bonds is 2. The number of hydrogen-bond acceptors (Lipinski definition) is 1. The molecule has 0 nitrogen and oxygen atoms in total. The van der Waals surface area contributed by atoms with Crippen molar-refractivity contribution in [3.05, 3.63) is 53.1 Å². The Balaban J connectivity index is 2.60. The molecule has 0 aromatic heterocycles. The van der Waals surface area contributed by atoms with E-state index in [1.165, 1.54) is 11.1 Å². The minimum atomic E-state index is -0.484. The van der Waals surface area contributed by atoms with Crippen LogP contribution < -0.4 is 0 Å². The predicted octanol–water partition coefficient (Wildman–Crippen LogP) is 4.73. The van der Waals surface area contributed by atoms with Gasteiger partial charge in [0.1, 0.15) is 6.67 Å². The first kappa shape index (κ1) is 12.2. The SMILES string of the molecule is Cc1ccc(-c2cccc(S)c2CF)cc1C. The fourth-order valence-electron chi connectivity index (χ4n) is 1.89. The van der Waals surface area contributed by atoms with Gasteiger partial charge in [-0.2, -0.15) is 0 Å². The molecule has 0 unspecified atom stereocenters. The summed E-state index contributed by atoms with van der Waals surface area (Å²) in [6, 6.07) is 11.9. The van der Waals surface area contributed by atoms with Crippen LogP contribution in [-0.4, -0.2) is 0 Å². The summed E-state index contributed by atoms with van der Waals surface area (Å²) in [6.45, 7) is 3.66. The number of benzene rings is 2. The van der Waals surface area contributed by atoms with E-state index >= 15 is 0 Å². The van der Waals surface area contributed by atoms with Gasteiger partial charge in [0, 0.05) is 10.5 Å². The van der Waals surface area contributed by atoms with Crippen molar-refractivity contribution >= 4 is 12.6 Å². The van der Waals surface area contributed by atoms with Crippen molar-refractivity contribution < 1.29 is 4.39 Å². The van der Waals surface area contributed by atoms with Crippen LogP contribution >= 0.6 is 12.6 Å². The van der Waals surface area contributed by atoms with Gasteiger partial charge >= 0.3 is 0 Å². The number of alkyl halides is 1. The van der Waals surface area contributed by atoms with Gasteiger partial charge in [-0.15, -0.1) is 12.6 Å². The molecule has 2 heteroatoms. The fraction of sp³-hybridized carbons (Fsp3) is 0.200. The average Bonchev–Trinajstić information content (AvgIpc) is 2.32. The molecule has 0 aliphatic heterocycles. The van der Waals surface area contributed by atoms with Crippen LogP contribution in [0.5, 0.6) is 0 Å². The van der Waals surface area contributed by atoms with Crippen LogP contribution in [0.3, 0.4) is 0 Å². The molecule has 2 aromatic carbocycles. The van der Waals surface area contributed by atoms with Crippen molar-refractivity contribution in [3.63, 3.8) is 0 Å². The Kier molecular flexibility index (Phi) is 3.53. The van der Waals surface area contributed by atoms with Crippen LogP contribution in [0.25, 0.3) is 11.1 Å². The second kappa shape index (κ2) is 4.92. The highest BCUT2D eigenvalue weighted by atomic mass is 32.1. The zero-order valence-corrected chi connectivity index (χ0v) is 10.9. The highest BCUT2D eigenvalue weighted by Gasteiger charge is 2.08. The Morgan fingerprint density at radius 3 is 2.47 bits per heavy atom. The van der Waals surface area contributed by atoms with Gasteiger partial charge in [0.2, 0.25) is 0 Å². The molecule has 2 rings (SSSR count). The minimum Gasteiger partial charge on any atom is -0.246 e. The largest absolute Gasteiger partial charge is 0.246 e. The zero-order chi connectivity index (χ0) is 12.4. The van der Waals surface area contributed by atoms with Crippen LogP contribution in [0, 0.1) is 13.8 Å². The second-order valence-corrected chi connectivity index (χ2v) is 4.72. The maximum atomic E-state index is 13.1. The van der Waals surface area contributed by atoms with Crippen LogP contribution in [-0.2, 0) is 6.67 Å². The average molecular weight is 246 g/mol. The molecule has 0 aliphatic carbocycles. The lowest BCUT2D eigenvalue weighted by Gasteiger charge is -2.11. The number of aryl methyl sites for hydroxylation is 2. The summed E-state index contributed by atoms with van der Waals surface area (Å²) in [5, 5.41) is 0. The molecule has 0 fully saturated rings. The van der Waals surface area contributed by atoms with E-state index in [0.717, 1.165) is 11.1 Å². The molecule has 0 amide bonds. The monoisotopic (exact) mass is 246 g/mol. The Bertz CT molecular complexity index is 547. The smallest absolute Gasteiger partial charge is 0.116 e. The minimum absolute atomic E-state index is 0.484. The van der Waals surface area contributed by atoms with E-state index in [0.29, 0.717) is 10.5 Å². The van der Waals surface area contributed by atoms with Crippen molar-refractivity contribution in [2.24, 2.45) is 0 Å². The third kappa shape index (κ3) is 2.37. The number of hydrogen-bond donors (Lipinski definition) is 1. The third-order valence-electron chi connectivity index (χ3n) is 3.10. The molecule has 2 aromatic rings. The molecule has 0 spiro atoms. The summed E-state index contributed by atoms with van der Waals surface area (Å²) in [5.41, 5.74) is 5.12. The van der Waals surface area contributed by atoms with Crippen molar-refractivity contribution in [2.75, 3.05) is 0 Å².